The molecule has 2 rings (SSSR count). The first-order valence-electron chi connectivity index (χ1n) is 6.10. The highest BCUT2D eigenvalue weighted by Gasteiger charge is 2.19. The number of methoxy groups -OCH3 is 1. The van der Waals surface area contributed by atoms with Crippen molar-refractivity contribution >= 4 is 28.3 Å². The Hall–Kier alpha value is -1.38. The first-order chi connectivity index (χ1) is 9.22. The highest BCUT2D eigenvalue weighted by Crippen LogP contribution is 2.27. The Morgan fingerprint density at radius 2 is 2.32 bits per heavy atom. The molecule has 0 amide bonds. The van der Waals surface area contributed by atoms with Crippen LogP contribution in [-0.2, 0) is 9.47 Å². The van der Waals surface area contributed by atoms with Crippen molar-refractivity contribution < 1.29 is 14.3 Å². The van der Waals surface area contributed by atoms with Crippen LogP contribution in [0.15, 0.2) is 0 Å². The first-order valence-corrected chi connectivity index (χ1v) is 6.87. The van der Waals surface area contributed by atoms with Crippen molar-refractivity contribution in [3.63, 3.8) is 0 Å². The van der Waals surface area contributed by atoms with Crippen molar-refractivity contribution in [3.05, 3.63) is 5.56 Å². The lowest BCUT2D eigenvalue weighted by Gasteiger charge is -2.26. The minimum Gasteiger partial charge on any atom is -0.465 e. The predicted molar refractivity (Wildman–Crippen MR) is 73.6 cm³/mol. The molecule has 0 atom stereocenters. The van der Waals surface area contributed by atoms with E-state index in [4.69, 9.17) is 15.2 Å². The number of nitrogens with zero attached hydrogens (tertiary/aromatic N) is 2. The number of hydrogen-bond acceptors (Lipinski definition) is 8. The van der Waals surface area contributed by atoms with Crippen LogP contribution >= 0.6 is 11.5 Å². The average Bonchev–Trinajstić information content (AvgIpc) is 2.80. The minimum atomic E-state index is -0.458. The molecule has 1 aliphatic rings. The third kappa shape index (κ3) is 3.55. The second-order valence-corrected chi connectivity index (χ2v) is 4.92. The van der Waals surface area contributed by atoms with Crippen molar-refractivity contribution in [1.82, 2.24) is 9.27 Å². The monoisotopic (exact) mass is 286 g/mol. The van der Waals surface area contributed by atoms with Gasteiger partial charge in [0.2, 0.25) is 0 Å². The molecule has 3 N–H and O–H groups in total. The third-order valence-corrected chi connectivity index (χ3v) is 3.74. The number of aromatic nitrogens is 1. The van der Waals surface area contributed by atoms with Crippen molar-refractivity contribution in [2.75, 3.05) is 57.6 Å². The number of ether oxygens (including phenoxy) is 2. The zero-order valence-electron chi connectivity index (χ0n) is 10.8. The smallest absolute Gasteiger partial charge is 0.344 e. The quantitative estimate of drug-likeness (QED) is 0.750. The molecular weight excluding hydrogens is 268 g/mol. The van der Waals surface area contributed by atoms with Gasteiger partial charge in [-0.2, -0.15) is 4.37 Å². The van der Waals surface area contributed by atoms with Crippen LogP contribution in [0, 0.1) is 0 Å². The number of nitrogens with two attached hydrogens (primary N) is 1. The molecule has 106 valence electrons. The van der Waals surface area contributed by atoms with E-state index in [2.05, 4.69) is 14.6 Å². The lowest BCUT2D eigenvalue weighted by Crippen LogP contribution is -2.39. The Balaban J connectivity index is 1.87. The highest BCUT2D eigenvalue weighted by molar-refractivity contribution is 7.11. The molecule has 0 radical (unpaired) electrons. The van der Waals surface area contributed by atoms with Crippen LogP contribution in [0.1, 0.15) is 10.4 Å². The summed E-state index contributed by atoms with van der Waals surface area (Å²) < 4.78 is 14.0. The third-order valence-electron chi connectivity index (χ3n) is 2.93. The number of morpholine rings is 1. The molecule has 0 aromatic carbocycles. The number of anilines is 2. The summed E-state index contributed by atoms with van der Waals surface area (Å²) in [4.78, 5) is 13.9. The molecule has 1 saturated heterocycles. The highest BCUT2D eigenvalue weighted by atomic mass is 32.1. The van der Waals surface area contributed by atoms with Gasteiger partial charge in [0.05, 0.1) is 20.3 Å². The summed E-state index contributed by atoms with van der Waals surface area (Å²) >= 11 is 1.18. The molecule has 0 unspecified atom stereocenters. The molecule has 2 heterocycles. The maximum absolute atomic E-state index is 11.6. The number of esters is 1. The summed E-state index contributed by atoms with van der Waals surface area (Å²) in [5.41, 5.74) is 5.99. The molecule has 1 aliphatic heterocycles. The van der Waals surface area contributed by atoms with E-state index in [0.29, 0.717) is 10.6 Å². The van der Waals surface area contributed by atoms with E-state index in [1.165, 1.54) is 18.6 Å². The van der Waals surface area contributed by atoms with Crippen molar-refractivity contribution in [2.45, 2.75) is 0 Å². The molecule has 1 fully saturated rings. The van der Waals surface area contributed by atoms with Gasteiger partial charge in [0, 0.05) is 26.2 Å². The largest absolute Gasteiger partial charge is 0.465 e. The topological polar surface area (TPSA) is 89.7 Å². The molecule has 7 nitrogen and oxygen atoms in total. The minimum absolute atomic E-state index is 0.214. The van der Waals surface area contributed by atoms with Crippen molar-refractivity contribution in [3.8, 4) is 0 Å². The zero-order chi connectivity index (χ0) is 13.7. The Morgan fingerprint density at radius 1 is 1.58 bits per heavy atom. The molecule has 0 aliphatic carbocycles. The van der Waals surface area contributed by atoms with Gasteiger partial charge in [-0.1, -0.05) is 0 Å². The van der Waals surface area contributed by atoms with E-state index in [1.807, 2.05) is 0 Å². The van der Waals surface area contributed by atoms with Gasteiger partial charge in [0.1, 0.15) is 10.6 Å². The van der Waals surface area contributed by atoms with Crippen molar-refractivity contribution in [1.29, 1.82) is 0 Å². The summed E-state index contributed by atoms with van der Waals surface area (Å²) in [6.07, 6.45) is 0. The van der Waals surface area contributed by atoms with Crippen LogP contribution in [0.25, 0.3) is 0 Å². The summed E-state index contributed by atoms with van der Waals surface area (Å²) in [5, 5.41) is 3.85. The van der Waals surface area contributed by atoms with Gasteiger partial charge < -0.3 is 20.5 Å². The summed E-state index contributed by atoms with van der Waals surface area (Å²) in [6.45, 7) is 5.06. The van der Waals surface area contributed by atoms with Crippen LogP contribution in [0.5, 0.6) is 0 Å². The second kappa shape index (κ2) is 6.69. The van der Waals surface area contributed by atoms with Crippen LogP contribution in [0.2, 0.25) is 0 Å². The van der Waals surface area contributed by atoms with Crippen LogP contribution < -0.4 is 11.1 Å². The van der Waals surface area contributed by atoms with Gasteiger partial charge in [0.15, 0.2) is 5.82 Å². The van der Waals surface area contributed by atoms with E-state index in [9.17, 15) is 4.79 Å². The number of carbonyl (C=O) groups excluding carboxylic acids is 1. The predicted octanol–water partition coefficient (Wildman–Crippen LogP) is 0.256. The van der Waals surface area contributed by atoms with Gasteiger partial charge in [-0.05, 0) is 11.5 Å². The van der Waals surface area contributed by atoms with E-state index in [0.717, 1.165) is 39.4 Å². The zero-order valence-corrected chi connectivity index (χ0v) is 11.7. The average molecular weight is 286 g/mol. The van der Waals surface area contributed by atoms with E-state index < -0.39 is 5.97 Å². The summed E-state index contributed by atoms with van der Waals surface area (Å²) in [7, 11) is 1.33. The van der Waals surface area contributed by atoms with E-state index in [1.54, 1.807) is 0 Å². The number of nitrogen functional groups attached to an aromatic ring is 1. The molecule has 0 spiro atoms. The maximum Gasteiger partial charge on any atom is 0.344 e. The molecule has 8 heteroatoms. The summed E-state index contributed by atoms with van der Waals surface area (Å²) in [5.74, 6) is -0.245. The number of rotatable bonds is 5. The molecule has 0 bridgehead atoms. The molecule has 0 saturated carbocycles. The maximum atomic E-state index is 11.6. The van der Waals surface area contributed by atoms with E-state index >= 15 is 0 Å². The van der Waals surface area contributed by atoms with Gasteiger partial charge in [-0.25, -0.2) is 4.79 Å². The normalized spacial score (nSPS) is 16.3. The fourth-order valence-corrected chi connectivity index (χ4v) is 2.60. The van der Waals surface area contributed by atoms with Gasteiger partial charge >= 0.3 is 5.97 Å². The fourth-order valence-electron chi connectivity index (χ4n) is 1.87. The second-order valence-electron chi connectivity index (χ2n) is 4.14. The van der Waals surface area contributed by atoms with E-state index in [-0.39, 0.29) is 5.82 Å². The first kappa shape index (κ1) is 14.0. The van der Waals surface area contributed by atoms with Gasteiger partial charge in [-0.3, -0.25) is 4.90 Å². The molecule has 1 aromatic rings. The standard InChI is InChI=1S/C11H18N4O3S/c1-17-11(16)8-9(12)14-19-10(8)13-2-3-15-4-6-18-7-5-15/h13H,2-7H2,1H3,(H2,12,14). The number of carbonyl (C=O) groups is 1. The van der Waals surface area contributed by atoms with Gasteiger partial charge in [-0.15, -0.1) is 0 Å². The Morgan fingerprint density at radius 3 is 3.00 bits per heavy atom. The van der Waals surface area contributed by atoms with Gasteiger partial charge in [0.25, 0.3) is 0 Å². The molecule has 1 aromatic heterocycles. The lowest BCUT2D eigenvalue weighted by molar-refractivity contribution is 0.0398. The lowest BCUT2D eigenvalue weighted by atomic mass is 10.3. The van der Waals surface area contributed by atoms with Crippen LogP contribution in [-0.4, -0.2) is 61.7 Å². The number of hydrogen-bond donors (Lipinski definition) is 2. The molecule has 19 heavy (non-hydrogen) atoms. The number of nitrogens with one attached hydrogen (secondary N) is 1. The fraction of sp³-hybridized carbons (Fsp3) is 0.636. The molecular formula is C11H18N4O3S. The van der Waals surface area contributed by atoms with Crippen molar-refractivity contribution in [2.24, 2.45) is 0 Å². The van der Waals surface area contributed by atoms with Crippen LogP contribution in [0.3, 0.4) is 0 Å². The Labute approximate surface area is 115 Å². The Kier molecular flexibility index (Phi) is 4.94. The SMILES string of the molecule is COC(=O)c1c(N)nsc1NCCN1CCOCC1. The summed E-state index contributed by atoms with van der Waals surface area (Å²) in [6, 6.07) is 0. The van der Waals surface area contributed by atoms with Crippen LogP contribution in [0.4, 0.5) is 10.8 Å². The Bertz CT molecular complexity index is 432.